The quantitative estimate of drug-likeness (QED) is 0.830. The van der Waals surface area contributed by atoms with Gasteiger partial charge in [-0.25, -0.2) is 8.42 Å². The fraction of sp³-hybridized carbons (Fsp3) is 0.333. The highest BCUT2D eigenvalue weighted by Crippen LogP contribution is 2.22. The number of hydrogen-bond acceptors (Lipinski definition) is 6. The van der Waals surface area contributed by atoms with Crippen LogP contribution in [0.1, 0.15) is 0 Å². The summed E-state index contributed by atoms with van der Waals surface area (Å²) in [6.07, 6.45) is 1.62. The monoisotopic (exact) mass is 334 g/mol. The van der Waals surface area contributed by atoms with Crippen LogP contribution in [0.4, 0.5) is 5.82 Å². The van der Waals surface area contributed by atoms with Gasteiger partial charge in [0.25, 0.3) is 0 Å². The minimum Gasteiger partial charge on any atom is -0.497 e. The van der Waals surface area contributed by atoms with E-state index in [1.54, 1.807) is 30.5 Å². The van der Waals surface area contributed by atoms with Crippen LogP contribution in [0.25, 0.3) is 0 Å². The Morgan fingerprint density at radius 1 is 1.09 bits per heavy atom. The molecule has 0 N–H and O–H groups in total. The van der Waals surface area contributed by atoms with Gasteiger partial charge in [0.15, 0.2) is 5.82 Å². The van der Waals surface area contributed by atoms with Crippen molar-refractivity contribution in [2.75, 3.05) is 38.2 Å². The molecule has 0 unspecified atom stereocenters. The second-order valence-electron chi connectivity index (χ2n) is 5.15. The maximum atomic E-state index is 12.7. The van der Waals surface area contributed by atoms with Crippen molar-refractivity contribution in [2.45, 2.75) is 4.90 Å². The highest BCUT2D eigenvalue weighted by atomic mass is 32.2. The number of rotatable bonds is 4. The zero-order valence-electron chi connectivity index (χ0n) is 12.8. The van der Waals surface area contributed by atoms with Gasteiger partial charge in [-0.3, -0.25) is 0 Å². The normalized spacial score (nSPS) is 16.3. The van der Waals surface area contributed by atoms with Crippen molar-refractivity contribution in [1.82, 2.24) is 14.5 Å². The Balaban J connectivity index is 1.73. The summed E-state index contributed by atoms with van der Waals surface area (Å²) in [6, 6.07) is 10.2. The number of piperazine rings is 1. The largest absolute Gasteiger partial charge is 0.497 e. The molecule has 0 bridgehead atoms. The fourth-order valence-electron chi connectivity index (χ4n) is 2.53. The predicted molar refractivity (Wildman–Crippen MR) is 86.0 cm³/mol. The summed E-state index contributed by atoms with van der Waals surface area (Å²) in [5.41, 5.74) is 0. The van der Waals surface area contributed by atoms with Crippen LogP contribution in [-0.2, 0) is 10.0 Å². The number of sulfonamides is 1. The van der Waals surface area contributed by atoms with E-state index in [9.17, 15) is 8.42 Å². The van der Waals surface area contributed by atoms with Gasteiger partial charge in [-0.15, -0.1) is 5.10 Å². The third-order valence-corrected chi connectivity index (χ3v) is 5.69. The van der Waals surface area contributed by atoms with E-state index >= 15 is 0 Å². The third kappa shape index (κ3) is 3.27. The number of hydrogen-bond donors (Lipinski definition) is 0. The summed E-state index contributed by atoms with van der Waals surface area (Å²) < 4.78 is 32.0. The van der Waals surface area contributed by atoms with Crippen LogP contribution in [0.15, 0.2) is 47.5 Å². The molecule has 1 fully saturated rings. The van der Waals surface area contributed by atoms with Crippen molar-refractivity contribution in [2.24, 2.45) is 0 Å². The SMILES string of the molecule is COc1cccc(S(=O)(=O)N2CCN(c3cccnn3)CC2)c1. The van der Waals surface area contributed by atoms with Crippen molar-refractivity contribution in [3.63, 3.8) is 0 Å². The number of aromatic nitrogens is 2. The van der Waals surface area contributed by atoms with Crippen LogP contribution in [-0.4, -0.2) is 56.2 Å². The van der Waals surface area contributed by atoms with Crippen LogP contribution in [0.2, 0.25) is 0 Å². The summed E-state index contributed by atoms with van der Waals surface area (Å²) in [6.45, 7) is 2.00. The van der Waals surface area contributed by atoms with E-state index in [1.165, 1.54) is 11.4 Å². The summed E-state index contributed by atoms with van der Waals surface area (Å²) in [5.74, 6) is 1.30. The second-order valence-corrected chi connectivity index (χ2v) is 7.09. The van der Waals surface area contributed by atoms with E-state index in [1.807, 2.05) is 17.0 Å². The zero-order chi connectivity index (χ0) is 16.3. The molecule has 1 saturated heterocycles. The minimum atomic E-state index is -3.51. The number of anilines is 1. The van der Waals surface area contributed by atoms with Crippen molar-refractivity contribution in [3.8, 4) is 5.75 Å². The highest BCUT2D eigenvalue weighted by molar-refractivity contribution is 7.89. The average molecular weight is 334 g/mol. The number of ether oxygens (including phenoxy) is 1. The Hall–Kier alpha value is -2.19. The molecule has 2 aromatic rings. The average Bonchev–Trinajstić information content (AvgIpc) is 2.62. The maximum absolute atomic E-state index is 12.7. The Bertz CT molecular complexity index is 759. The van der Waals surface area contributed by atoms with Crippen molar-refractivity contribution < 1.29 is 13.2 Å². The van der Waals surface area contributed by atoms with Crippen LogP contribution >= 0.6 is 0 Å². The molecule has 23 heavy (non-hydrogen) atoms. The molecule has 1 aromatic heterocycles. The first kappa shape index (κ1) is 15.7. The van der Waals surface area contributed by atoms with Gasteiger partial charge in [-0.2, -0.15) is 9.40 Å². The van der Waals surface area contributed by atoms with Crippen LogP contribution in [0.3, 0.4) is 0 Å². The van der Waals surface area contributed by atoms with E-state index in [4.69, 9.17) is 4.74 Å². The molecule has 8 heteroatoms. The first-order chi connectivity index (χ1) is 11.1. The molecule has 0 spiro atoms. The molecule has 0 saturated carbocycles. The fourth-order valence-corrected chi connectivity index (χ4v) is 3.99. The molecule has 122 valence electrons. The van der Waals surface area contributed by atoms with Crippen LogP contribution in [0.5, 0.6) is 5.75 Å². The van der Waals surface area contributed by atoms with Gasteiger partial charge >= 0.3 is 0 Å². The van der Waals surface area contributed by atoms with Gasteiger partial charge < -0.3 is 9.64 Å². The predicted octanol–water partition coefficient (Wildman–Crippen LogP) is 0.996. The Morgan fingerprint density at radius 3 is 2.52 bits per heavy atom. The van der Waals surface area contributed by atoms with E-state index < -0.39 is 10.0 Å². The first-order valence-electron chi connectivity index (χ1n) is 7.28. The Morgan fingerprint density at radius 2 is 1.87 bits per heavy atom. The molecule has 7 nitrogen and oxygen atoms in total. The lowest BCUT2D eigenvalue weighted by atomic mass is 10.3. The molecule has 1 aromatic carbocycles. The first-order valence-corrected chi connectivity index (χ1v) is 8.72. The van der Waals surface area contributed by atoms with E-state index in [0.717, 1.165) is 5.82 Å². The smallest absolute Gasteiger partial charge is 0.243 e. The number of methoxy groups -OCH3 is 1. The summed E-state index contributed by atoms with van der Waals surface area (Å²) in [4.78, 5) is 2.29. The molecular formula is C15H18N4O3S. The van der Waals surface area contributed by atoms with Gasteiger partial charge in [0.05, 0.1) is 12.0 Å². The third-order valence-electron chi connectivity index (χ3n) is 3.80. The maximum Gasteiger partial charge on any atom is 0.243 e. The summed E-state index contributed by atoms with van der Waals surface area (Å²) >= 11 is 0. The van der Waals surface area contributed by atoms with Gasteiger partial charge in [0, 0.05) is 38.4 Å². The standard InChI is InChI=1S/C15H18N4O3S/c1-22-13-4-2-5-14(12-13)23(20,21)19-10-8-18(9-11-19)15-6-3-7-16-17-15/h2-7,12H,8-11H2,1H3. The van der Waals surface area contributed by atoms with E-state index in [-0.39, 0.29) is 4.90 Å². The van der Waals surface area contributed by atoms with Gasteiger partial charge in [-0.05, 0) is 24.3 Å². The zero-order valence-corrected chi connectivity index (χ0v) is 13.6. The van der Waals surface area contributed by atoms with Crippen molar-refractivity contribution >= 4 is 15.8 Å². The molecule has 1 aliphatic heterocycles. The Kier molecular flexibility index (Phi) is 4.44. The molecular weight excluding hydrogens is 316 g/mol. The van der Waals surface area contributed by atoms with Crippen molar-refractivity contribution in [3.05, 3.63) is 42.6 Å². The van der Waals surface area contributed by atoms with Crippen LogP contribution < -0.4 is 9.64 Å². The van der Waals surface area contributed by atoms with Gasteiger partial charge in [0.1, 0.15) is 5.75 Å². The lowest BCUT2D eigenvalue weighted by Gasteiger charge is -2.34. The number of benzene rings is 1. The summed E-state index contributed by atoms with van der Waals surface area (Å²) in [7, 11) is -1.99. The van der Waals surface area contributed by atoms with Gasteiger partial charge in [0.2, 0.25) is 10.0 Å². The van der Waals surface area contributed by atoms with Crippen molar-refractivity contribution in [1.29, 1.82) is 0 Å². The Labute approximate surface area is 135 Å². The highest BCUT2D eigenvalue weighted by Gasteiger charge is 2.29. The molecule has 0 radical (unpaired) electrons. The van der Waals surface area contributed by atoms with E-state index in [2.05, 4.69) is 10.2 Å². The molecule has 0 amide bonds. The number of nitrogens with zero attached hydrogens (tertiary/aromatic N) is 4. The molecule has 3 rings (SSSR count). The summed E-state index contributed by atoms with van der Waals surface area (Å²) in [5, 5.41) is 7.92. The molecule has 0 aliphatic carbocycles. The van der Waals surface area contributed by atoms with E-state index in [0.29, 0.717) is 31.9 Å². The second kappa shape index (κ2) is 6.51. The topological polar surface area (TPSA) is 75.6 Å². The minimum absolute atomic E-state index is 0.254. The molecule has 1 aliphatic rings. The molecule has 2 heterocycles. The molecule has 0 atom stereocenters. The lowest BCUT2D eigenvalue weighted by molar-refractivity contribution is 0.382. The lowest BCUT2D eigenvalue weighted by Crippen LogP contribution is -2.48. The van der Waals surface area contributed by atoms with Crippen LogP contribution in [0, 0.1) is 0 Å². The van der Waals surface area contributed by atoms with Gasteiger partial charge in [-0.1, -0.05) is 6.07 Å².